The second-order valence-electron chi connectivity index (χ2n) is 4.76. The average Bonchev–Trinajstić information content (AvgIpc) is 2.20. The standard InChI is InChI=1S/C12H26N2/c1-14(10-6-5-9-13)11-12-7-3-2-4-8-12/h12H,2-11,13H2,1H3. The molecule has 0 aromatic heterocycles. The Labute approximate surface area is 88.8 Å². The first-order valence-electron chi connectivity index (χ1n) is 6.21. The summed E-state index contributed by atoms with van der Waals surface area (Å²) < 4.78 is 0. The van der Waals surface area contributed by atoms with Gasteiger partial charge in [-0.1, -0.05) is 19.3 Å². The third-order valence-electron chi connectivity index (χ3n) is 3.29. The van der Waals surface area contributed by atoms with Gasteiger partial charge in [0.2, 0.25) is 0 Å². The zero-order valence-corrected chi connectivity index (χ0v) is 9.67. The summed E-state index contributed by atoms with van der Waals surface area (Å²) in [5.41, 5.74) is 5.48. The molecule has 0 bridgehead atoms. The monoisotopic (exact) mass is 198 g/mol. The van der Waals surface area contributed by atoms with Gasteiger partial charge in [0, 0.05) is 6.54 Å². The fourth-order valence-electron chi connectivity index (χ4n) is 2.43. The average molecular weight is 198 g/mol. The molecule has 2 nitrogen and oxygen atoms in total. The van der Waals surface area contributed by atoms with Crippen molar-refractivity contribution in [3.05, 3.63) is 0 Å². The molecule has 0 aromatic rings. The lowest BCUT2D eigenvalue weighted by Crippen LogP contribution is -2.28. The highest BCUT2D eigenvalue weighted by molar-refractivity contribution is 4.68. The van der Waals surface area contributed by atoms with Gasteiger partial charge in [0.1, 0.15) is 0 Å². The van der Waals surface area contributed by atoms with E-state index in [0.717, 1.165) is 12.5 Å². The van der Waals surface area contributed by atoms with Crippen molar-refractivity contribution in [3.8, 4) is 0 Å². The number of nitrogens with two attached hydrogens (primary N) is 1. The first-order valence-corrected chi connectivity index (χ1v) is 6.21. The zero-order chi connectivity index (χ0) is 10.2. The Morgan fingerprint density at radius 2 is 1.86 bits per heavy atom. The summed E-state index contributed by atoms with van der Waals surface area (Å²) in [5.74, 6) is 0.978. The molecule has 1 fully saturated rings. The summed E-state index contributed by atoms with van der Waals surface area (Å²) in [7, 11) is 2.26. The molecule has 0 atom stereocenters. The van der Waals surface area contributed by atoms with Crippen LogP contribution in [0.5, 0.6) is 0 Å². The van der Waals surface area contributed by atoms with Crippen LogP contribution < -0.4 is 5.73 Å². The minimum Gasteiger partial charge on any atom is -0.330 e. The Morgan fingerprint density at radius 3 is 2.50 bits per heavy atom. The molecule has 1 rings (SSSR count). The molecular weight excluding hydrogens is 172 g/mol. The minimum atomic E-state index is 0.845. The number of hydrogen-bond donors (Lipinski definition) is 1. The lowest BCUT2D eigenvalue weighted by atomic mass is 9.89. The Kier molecular flexibility index (Phi) is 6.20. The summed E-state index contributed by atoms with van der Waals surface area (Å²) in [6, 6.07) is 0. The van der Waals surface area contributed by atoms with Crippen LogP contribution in [0.2, 0.25) is 0 Å². The quantitative estimate of drug-likeness (QED) is 0.663. The lowest BCUT2D eigenvalue weighted by Gasteiger charge is -2.26. The highest BCUT2D eigenvalue weighted by Crippen LogP contribution is 2.24. The van der Waals surface area contributed by atoms with E-state index in [1.165, 1.54) is 58.0 Å². The van der Waals surface area contributed by atoms with Crippen LogP contribution in [-0.2, 0) is 0 Å². The second kappa shape index (κ2) is 7.24. The van der Waals surface area contributed by atoms with E-state index in [9.17, 15) is 0 Å². The van der Waals surface area contributed by atoms with Crippen LogP contribution in [0.25, 0.3) is 0 Å². The minimum absolute atomic E-state index is 0.845. The highest BCUT2D eigenvalue weighted by Gasteiger charge is 2.14. The molecule has 1 aliphatic carbocycles. The van der Waals surface area contributed by atoms with E-state index in [1.54, 1.807) is 0 Å². The van der Waals surface area contributed by atoms with Crippen molar-refractivity contribution >= 4 is 0 Å². The van der Waals surface area contributed by atoms with Crippen molar-refractivity contribution < 1.29 is 0 Å². The van der Waals surface area contributed by atoms with E-state index < -0.39 is 0 Å². The molecule has 0 aromatic carbocycles. The maximum atomic E-state index is 5.48. The van der Waals surface area contributed by atoms with E-state index in [2.05, 4.69) is 11.9 Å². The third kappa shape index (κ3) is 4.97. The Morgan fingerprint density at radius 1 is 1.14 bits per heavy atom. The molecule has 1 aliphatic rings. The van der Waals surface area contributed by atoms with Gasteiger partial charge in [-0.25, -0.2) is 0 Å². The third-order valence-corrected chi connectivity index (χ3v) is 3.29. The normalized spacial score (nSPS) is 19.1. The van der Waals surface area contributed by atoms with Crippen molar-refractivity contribution in [2.24, 2.45) is 11.7 Å². The molecule has 0 spiro atoms. The summed E-state index contributed by atoms with van der Waals surface area (Å²) >= 11 is 0. The first kappa shape index (κ1) is 12.0. The molecule has 0 saturated heterocycles. The summed E-state index contributed by atoms with van der Waals surface area (Å²) in [6.45, 7) is 3.38. The maximum absolute atomic E-state index is 5.48. The SMILES string of the molecule is CN(CCCCN)CC1CCCCC1. The smallest absolute Gasteiger partial charge is 0.000661 e. The molecule has 2 N–H and O–H groups in total. The fourth-order valence-corrected chi connectivity index (χ4v) is 2.43. The van der Waals surface area contributed by atoms with Crippen molar-refractivity contribution in [1.29, 1.82) is 0 Å². The van der Waals surface area contributed by atoms with Gasteiger partial charge in [0.15, 0.2) is 0 Å². The van der Waals surface area contributed by atoms with Gasteiger partial charge in [-0.05, 0) is 51.7 Å². The second-order valence-corrected chi connectivity index (χ2v) is 4.76. The van der Waals surface area contributed by atoms with E-state index in [-0.39, 0.29) is 0 Å². The van der Waals surface area contributed by atoms with Crippen LogP contribution in [0.4, 0.5) is 0 Å². The molecule has 0 heterocycles. The highest BCUT2D eigenvalue weighted by atomic mass is 15.1. The van der Waals surface area contributed by atoms with Gasteiger partial charge >= 0.3 is 0 Å². The zero-order valence-electron chi connectivity index (χ0n) is 9.67. The van der Waals surface area contributed by atoms with Crippen molar-refractivity contribution in [2.45, 2.75) is 44.9 Å². The summed E-state index contributed by atoms with van der Waals surface area (Å²) in [6.07, 6.45) is 9.74. The van der Waals surface area contributed by atoms with Crippen molar-refractivity contribution in [3.63, 3.8) is 0 Å². The van der Waals surface area contributed by atoms with Gasteiger partial charge in [0.05, 0.1) is 0 Å². The molecule has 0 radical (unpaired) electrons. The molecule has 0 aliphatic heterocycles. The van der Waals surface area contributed by atoms with Gasteiger partial charge in [-0.3, -0.25) is 0 Å². The maximum Gasteiger partial charge on any atom is 0.000661 e. The van der Waals surface area contributed by atoms with Gasteiger partial charge in [0.25, 0.3) is 0 Å². The molecule has 14 heavy (non-hydrogen) atoms. The van der Waals surface area contributed by atoms with Gasteiger partial charge < -0.3 is 10.6 Å². The number of unbranched alkanes of at least 4 members (excludes halogenated alkanes) is 1. The number of hydrogen-bond acceptors (Lipinski definition) is 2. The summed E-state index contributed by atoms with van der Waals surface area (Å²) in [4.78, 5) is 2.49. The Hall–Kier alpha value is -0.0800. The van der Waals surface area contributed by atoms with E-state index in [4.69, 9.17) is 5.73 Å². The molecular formula is C12H26N2. The predicted molar refractivity (Wildman–Crippen MR) is 62.4 cm³/mol. The molecule has 0 amide bonds. The van der Waals surface area contributed by atoms with E-state index >= 15 is 0 Å². The molecule has 1 saturated carbocycles. The number of rotatable bonds is 6. The Bertz CT molecular complexity index is 130. The van der Waals surface area contributed by atoms with Crippen LogP contribution >= 0.6 is 0 Å². The van der Waals surface area contributed by atoms with Gasteiger partial charge in [-0.15, -0.1) is 0 Å². The van der Waals surface area contributed by atoms with E-state index in [0.29, 0.717) is 0 Å². The molecule has 2 heteroatoms. The lowest BCUT2D eigenvalue weighted by molar-refractivity contribution is 0.231. The molecule has 0 unspecified atom stereocenters. The topological polar surface area (TPSA) is 29.3 Å². The van der Waals surface area contributed by atoms with Crippen molar-refractivity contribution in [1.82, 2.24) is 4.90 Å². The first-order chi connectivity index (χ1) is 6.83. The Balaban J connectivity index is 2.03. The fraction of sp³-hybridized carbons (Fsp3) is 1.00. The van der Waals surface area contributed by atoms with E-state index in [1.807, 2.05) is 0 Å². The van der Waals surface area contributed by atoms with Crippen LogP contribution in [0.1, 0.15) is 44.9 Å². The predicted octanol–water partition coefficient (Wildman–Crippen LogP) is 2.24. The molecule has 84 valence electrons. The van der Waals surface area contributed by atoms with Crippen molar-refractivity contribution in [2.75, 3.05) is 26.7 Å². The van der Waals surface area contributed by atoms with Crippen LogP contribution in [0.15, 0.2) is 0 Å². The number of nitrogens with zero attached hydrogens (tertiary/aromatic N) is 1. The van der Waals surface area contributed by atoms with Crippen LogP contribution in [0.3, 0.4) is 0 Å². The summed E-state index contributed by atoms with van der Waals surface area (Å²) in [5, 5.41) is 0. The van der Waals surface area contributed by atoms with Gasteiger partial charge in [-0.2, -0.15) is 0 Å². The largest absolute Gasteiger partial charge is 0.330 e. The van der Waals surface area contributed by atoms with Crippen LogP contribution in [-0.4, -0.2) is 31.6 Å². The van der Waals surface area contributed by atoms with Crippen LogP contribution in [0, 0.1) is 5.92 Å².